The van der Waals surface area contributed by atoms with Gasteiger partial charge in [-0.05, 0) is 43.0 Å². The Morgan fingerprint density at radius 2 is 2.13 bits per heavy atom. The van der Waals surface area contributed by atoms with E-state index in [1.165, 1.54) is 12.1 Å². The second kappa shape index (κ2) is 7.84. The van der Waals surface area contributed by atoms with Gasteiger partial charge in [-0.3, -0.25) is 10.1 Å². The summed E-state index contributed by atoms with van der Waals surface area (Å²) in [5, 5.41) is 25.3. The van der Waals surface area contributed by atoms with Crippen molar-refractivity contribution in [2.45, 2.75) is 37.6 Å². The molecule has 1 aromatic carbocycles. The van der Waals surface area contributed by atoms with Crippen LogP contribution in [0.4, 0.5) is 4.39 Å². The van der Waals surface area contributed by atoms with Gasteiger partial charge in [-0.1, -0.05) is 17.7 Å². The van der Waals surface area contributed by atoms with Gasteiger partial charge in [0.25, 0.3) is 5.91 Å². The number of carbonyl (C=O) groups excluding carboxylic acids is 1. The molecule has 0 saturated heterocycles. The molecular weight excluding hydrogens is 411 g/mol. The van der Waals surface area contributed by atoms with Crippen molar-refractivity contribution in [3.8, 4) is 11.8 Å². The molecule has 1 heterocycles. The molecule has 2 bridgehead atoms. The number of aromatic nitrogens is 1. The topological polar surface area (TPSA) is 107 Å². The largest absolute Gasteiger partial charge is 0.484 e. The first-order valence-corrected chi connectivity index (χ1v) is 9.86. The Labute approximate surface area is 177 Å². The minimum atomic E-state index is -0.694. The van der Waals surface area contributed by atoms with Crippen molar-refractivity contribution in [3.05, 3.63) is 58.6 Å². The van der Waals surface area contributed by atoms with Gasteiger partial charge in [-0.2, -0.15) is 5.26 Å². The zero-order chi connectivity index (χ0) is 21.4. The lowest BCUT2D eigenvalue weighted by Crippen LogP contribution is -2.79. The highest BCUT2D eigenvalue weighted by Gasteiger charge is 2.71. The molecule has 2 aromatic rings. The number of nitriles is 1. The van der Waals surface area contributed by atoms with Crippen molar-refractivity contribution in [2.24, 2.45) is 5.41 Å². The SMILES string of the molecule is N#Cc1ccc(CNC(O)C23CC(NC(=O)COc4ccc(Cl)c(F)c4)(C2)C3)cn1. The minimum absolute atomic E-state index is 0.00595. The summed E-state index contributed by atoms with van der Waals surface area (Å²) in [6.07, 6.45) is 2.96. The third-order valence-corrected chi connectivity index (χ3v) is 6.06. The lowest BCUT2D eigenvalue weighted by Gasteiger charge is -2.72. The molecule has 3 saturated carbocycles. The summed E-state index contributed by atoms with van der Waals surface area (Å²) in [6.45, 7) is 0.217. The van der Waals surface area contributed by atoms with Crippen LogP contribution in [-0.4, -0.2) is 34.4 Å². The number of aliphatic hydroxyl groups excluding tert-OH is 1. The molecular formula is C21H20ClFN4O3. The molecule has 5 rings (SSSR count). The van der Waals surface area contributed by atoms with Crippen LogP contribution in [0.25, 0.3) is 0 Å². The van der Waals surface area contributed by atoms with Crippen LogP contribution in [0.5, 0.6) is 5.75 Å². The Morgan fingerprint density at radius 3 is 2.77 bits per heavy atom. The molecule has 0 aliphatic heterocycles. The number of pyridine rings is 1. The second-order valence-electron chi connectivity index (χ2n) is 8.03. The van der Waals surface area contributed by atoms with Crippen LogP contribution < -0.4 is 15.4 Å². The normalized spacial score (nSPS) is 24.7. The summed E-state index contributed by atoms with van der Waals surface area (Å²) in [6, 6.07) is 9.40. The number of hydrogen-bond donors (Lipinski definition) is 3. The fraction of sp³-hybridized carbons (Fsp3) is 0.381. The molecule has 0 spiro atoms. The van der Waals surface area contributed by atoms with Crippen LogP contribution in [0.1, 0.15) is 30.5 Å². The molecule has 3 aliphatic carbocycles. The van der Waals surface area contributed by atoms with E-state index in [9.17, 15) is 14.3 Å². The van der Waals surface area contributed by atoms with Crippen molar-refractivity contribution >= 4 is 17.5 Å². The predicted octanol–water partition coefficient (Wildman–Crippen LogP) is 2.27. The first-order valence-electron chi connectivity index (χ1n) is 9.49. The van der Waals surface area contributed by atoms with Gasteiger partial charge in [-0.25, -0.2) is 9.37 Å². The zero-order valence-electron chi connectivity index (χ0n) is 16.0. The highest BCUT2D eigenvalue weighted by molar-refractivity contribution is 6.30. The Kier molecular flexibility index (Phi) is 5.36. The molecule has 0 radical (unpaired) electrons. The summed E-state index contributed by atoms with van der Waals surface area (Å²) >= 11 is 5.62. The van der Waals surface area contributed by atoms with Gasteiger partial charge in [0.15, 0.2) is 6.61 Å². The first kappa shape index (κ1) is 20.5. The molecule has 1 amide bonds. The molecule has 30 heavy (non-hydrogen) atoms. The molecule has 1 unspecified atom stereocenters. The maximum absolute atomic E-state index is 13.4. The number of aliphatic hydroxyl groups is 1. The Hall–Kier alpha value is -2.73. The lowest BCUT2D eigenvalue weighted by molar-refractivity contribution is -0.223. The maximum Gasteiger partial charge on any atom is 0.258 e. The van der Waals surface area contributed by atoms with Gasteiger partial charge in [0.05, 0.1) is 5.02 Å². The average Bonchev–Trinajstić information content (AvgIpc) is 2.69. The quantitative estimate of drug-likeness (QED) is 0.554. The zero-order valence-corrected chi connectivity index (χ0v) is 16.7. The van der Waals surface area contributed by atoms with E-state index in [-0.39, 0.29) is 34.2 Å². The van der Waals surface area contributed by atoms with Crippen LogP contribution in [0.3, 0.4) is 0 Å². The average molecular weight is 431 g/mol. The molecule has 7 nitrogen and oxygen atoms in total. The molecule has 3 aliphatic rings. The van der Waals surface area contributed by atoms with Crippen LogP contribution in [-0.2, 0) is 11.3 Å². The molecule has 1 atom stereocenters. The van der Waals surface area contributed by atoms with E-state index in [0.717, 1.165) is 11.6 Å². The summed E-state index contributed by atoms with van der Waals surface area (Å²) in [5.41, 5.74) is 0.678. The number of carbonyl (C=O) groups is 1. The van der Waals surface area contributed by atoms with Crippen molar-refractivity contribution < 1.29 is 19.0 Å². The summed E-state index contributed by atoms with van der Waals surface area (Å²) in [4.78, 5) is 16.2. The standard InChI is InChI=1S/C21H20ClFN4O3/c22-16-4-3-15(5-17(16)23)30-9-18(28)27-21-10-20(11-21,12-21)19(29)26-8-13-1-2-14(6-24)25-7-13/h1-5,7,19,26,29H,8-12H2,(H,27,28). The number of benzene rings is 1. The van der Waals surface area contributed by atoms with Crippen LogP contribution in [0.15, 0.2) is 36.5 Å². The van der Waals surface area contributed by atoms with Crippen LogP contribution in [0, 0.1) is 22.6 Å². The van der Waals surface area contributed by atoms with E-state index in [2.05, 4.69) is 15.6 Å². The van der Waals surface area contributed by atoms with Gasteiger partial charge in [0.2, 0.25) is 0 Å². The summed E-state index contributed by atoms with van der Waals surface area (Å²) in [7, 11) is 0. The highest BCUT2D eigenvalue weighted by atomic mass is 35.5. The van der Waals surface area contributed by atoms with E-state index in [1.807, 2.05) is 6.07 Å². The van der Waals surface area contributed by atoms with Crippen molar-refractivity contribution in [1.29, 1.82) is 5.26 Å². The Balaban J connectivity index is 1.20. The molecule has 3 N–H and O–H groups in total. The van der Waals surface area contributed by atoms with Crippen molar-refractivity contribution in [1.82, 2.24) is 15.6 Å². The Morgan fingerprint density at radius 1 is 1.37 bits per heavy atom. The first-order chi connectivity index (χ1) is 14.3. The summed E-state index contributed by atoms with van der Waals surface area (Å²) < 4.78 is 18.7. The fourth-order valence-electron chi connectivity index (χ4n) is 4.36. The number of nitrogens with zero attached hydrogens (tertiary/aromatic N) is 2. The van der Waals surface area contributed by atoms with Crippen molar-refractivity contribution in [3.63, 3.8) is 0 Å². The van der Waals surface area contributed by atoms with Gasteiger partial charge in [0, 0.05) is 29.8 Å². The van der Waals surface area contributed by atoms with E-state index in [1.54, 1.807) is 18.3 Å². The van der Waals surface area contributed by atoms with Gasteiger partial charge in [-0.15, -0.1) is 0 Å². The lowest BCUT2D eigenvalue weighted by atomic mass is 9.38. The van der Waals surface area contributed by atoms with E-state index in [0.29, 0.717) is 31.5 Å². The predicted molar refractivity (Wildman–Crippen MR) is 106 cm³/mol. The number of halogens is 2. The number of hydrogen-bond acceptors (Lipinski definition) is 6. The van der Waals surface area contributed by atoms with Gasteiger partial charge < -0.3 is 15.2 Å². The van der Waals surface area contributed by atoms with Gasteiger partial charge in [0.1, 0.15) is 29.6 Å². The third-order valence-electron chi connectivity index (χ3n) is 5.76. The highest BCUT2D eigenvalue weighted by Crippen LogP contribution is 2.68. The van der Waals surface area contributed by atoms with E-state index < -0.39 is 12.0 Å². The fourth-order valence-corrected chi connectivity index (χ4v) is 4.48. The molecule has 156 valence electrons. The van der Waals surface area contributed by atoms with Crippen LogP contribution >= 0.6 is 11.6 Å². The minimum Gasteiger partial charge on any atom is -0.484 e. The van der Waals surface area contributed by atoms with Gasteiger partial charge >= 0.3 is 0 Å². The number of nitrogens with one attached hydrogen (secondary N) is 2. The van der Waals surface area contributed by atoms with E-state index in [4.69, 9.17) is 21.6 Å². The summed E-state index contributed by atoms with van der Waals surface area (Å²) in [5.74, 6) is -0.656. The monoisotopic (exact) mass is 430 g/mol. The molecule has 1 aromatic heterocycles. The maximum atomic E-state index is 13.4. The number of ether oxygens (including phenoxy) is 1. The third kappa shape index (κ3) is 3.97. The number of rotatable bonds is 8. The second-order valence-corrected chi connectivity index (χ2v) is 8.44. The van der Waals surface area contributed by atoms with Crippen molar-refractivity contribution in [2.75, 3.05) is 6.61 Å². The number of amides is 1. The van der Waals surface area contributed by atoms with E-state index >= 15 is 0 Å². The smallest absolute Gasteiger partial charge is 0.258 e. The Bertz CT molecular complexity index is 989. The molecule has 9 heteroatoms. The van der Waals surface area contributed by atoms with Crippen LogP contribution in [0.2, 0.25) is 5.02 Å². The molecule has 3 fully saturated rings.